The highest BCUT2D eigenvalue weighted by molar-refractivity contribution is 5.82. The molecule has 2 rings (SSSR count). The predicted octanol–water partition coefficient (Wildman–Crippen LogP) is 1.78. The van der Waals surface area contributed by atoms with E-state index < -0.39 is 0 Å². The Kier molecular flexibility index (Phi) is 3.85. The van der Waals surface area contributed by atoms with Gasteiger partial charge in [0, 0.05) is 12.6 Å². The summed E-state index contributed by atoms with van der Waals surface area (Å²) in [6.07, 6.45) is 5.88. The van der Waals surface area contributed by atoms with Crippen molar-refractivity contribution in [3.05, 3.63) is 0 Å². The van der Waals surface area contributed by atoms with E-state index >= 15 is 0 Å². The van der Waals surface area contributed by atoms with Crippen molar-refractivity contribution in [2.75, 3.05) is 13.1 Å². The van der Waals surface area contributed by atoms with Gasteiger partial charge in [-0.3, -0.25) is 4.79 Å². The number of hydrogen-bond acceptors (Lipinski definition) is 2. The Morgan fingerprint density at radius 3 is 2.69 bits per heavy atom. The van der Waals surface area contributed by atoms with E-state index in [1.807, 2.05) is 0 Å². The van der Waals surface area contributed by atoms with Crippen molar-refractivity contribution in [1.82, 2.24) is 10.2 Å². The summed E-state index contributed by atoms with van der Waals surface area (Å²) >= 11 is 0. The molecule has 0 saturated carbocycles. The van der Waals surface area contributed by atoms with Crippen molar-refractivity contribution in [1.29, 1.82) is 0 Å². The van der Waals surface area contributed by atoms with E-state index in [9.17, 15) is 4.79 Å². The molecule has 92 valence electrons. The van der Waals surface area contributed by atoms with Crippen LogP contribution in [0.5, 0.6) is 0 Å². The van der Waals surface area contributed by atoms with Gasteiger partial charge in [0.15, 0.2) is 0 Å². The number of nitrogens with zero attached hydrogens (tertiary/aromatic N) is 1. The maximum Gasteiger partial charge on any atom is 0.239 e. The molecule has 0 aromatic carbocycles. The molecule has 2 fully saturated rings. The molecular weight excluding hydrogens is 200 g/mol. The van der Waals surface area contributed by atoms with Gasteiger partial charge in [0.2, 0.25) is 5.91 Å². The summed E-state index contributed by atoms with van der Waals surface area (Å²) in [6.45, 7) is 6.43. The van der Waals surface area contributed by atoms with Crippen molar-refractivity contribution in [2.45, 2.75) is 58.0 Å². The average Bonchev–Trinajstić information content (AvgIpc) is 2.33. The molecule has 3 unspecified atom stereocenters. The van der Waals surface area contributed by atoms with Gasteiger partial charge in [-0.1, -0.05) is 13.3 Å². The first-order chi connectivity index (χ1) is 7.70. The topological polar surface area (TPSA) is 32.3 Å². The summed E-state index contributed by atoms with van der Waals surface area (Å²) in [5.41, 5.74) is 0. The second kappa shape index (κ2) is 5.17. The largest absolute Gasteiger partial charge is 0.338 e. The zero-order chi connectivity index (χ0) is 11.5. The molecule has 0 radical (unpaired) electrons. The summed E-state index contributed by atoms with van der Waals surface area (Å²) in [5.74, 6) is 1.00. The third-order valence-electron chi connectivity index (χ3n) is 4.27. The number of hydrogen-bond donors (Lipinski definition) is 1. The number of amides is 1. The molecule has 0 aromatic heterocycles. The van der Waals surface area contributed by atoms with Gasteiger partial charge in [-0.05, 0) is 45.1 Å². The summed E-state index contributed by atoms with van der Waals surface area (Å²) in [7, 11) is 0. The van der Waals surface area contributed by atoms with E-state index in [1.165, 1.54) is 25.7 Å². The lowest BCUT2D eigenvalue weighted by Crippen LogP contribution is -2.54. The molecule has 0 bridgehead atoms. The minimum absolute atomic E-state index is 0.0986. The van der Waals surface area contributed by atoms with Crippen molar-refractivity contribution in [3.8, 4) is 0 Å². The number of nitrogens with one attached hydrogen (secondary N) is 1. The Hall–Kier alpha value is -0.570. The summed E-state index contributed by atoms with van der Waals surface area (Å²) in [6, 6.07) is 0.520. The molecule has 3 heteroatoms. The van der Waals surface area contributed by atoms with Crippen molar-refractivity contribution < 1.29 is 4.79 Å². The van der Waals surface area contributed by atoms with Crippen molar-refractivity contribution >= 4 is 5.91 Å². The second-order valence-corrected chi connectivity index (χ2v) is 5.39. The highest BCUT2D eigenvalue weighted by Gasteiger charge is 2.32. The number of carbonyl (C=O) groups excluding carboxylic acids is 1. The fourth-order valence-electron chi connectivity index (χ4n) is 2.91. The predicted molar refractivity (Wildman–Crippen MR) is 65.2 cm³/mol. The highest BCUT2D eigenvalue weighted by Crippen LogP contribution is 2.24. The van der Waals surface area contributed by atoms with Crippen LogP contribution in [-0.2, 0) is 4.79 Å². The second-order valence-electron chi connectivity index (χ2n) is 5.39. The minimum Gasteiger partial charge on any atom is -0.338 e. The molecule has 2 heterocycles. The fourth-order valence-corrected chi connectivity index (χ4v) is 2.91. The van der Waals surface area contributed by atoms with Crippen LogP contribution < -0.4 is 5.32 Å². The van der Waals surface area contributed by atoms with Crippen LogP contribution in [0.3, 0.4) is 0 Å². The van der Waals surface area contributed by atoms with Crippen LogP contribution >= 0.6 is 0 Å². The Bertz CT molecular complexity index is 248. The van der Waals surface area contributed by atoms with E-state index in [-0.39, 0.29) is 6.04 Å². The average molecular weight is 224 g/mol. The van der Waals surface area contributed by atoms with Crippen LogP contribution in [0.2, 0.25) is 0 Å². The molecule has 1 N–H and O–H groups in total. The molecule has 0 aromatic rings. The summed E-state index contributed by atoms with van der Waals surface area (Å²) in [5, 5.41) is 3.36. The van der Waals surface area contributed by atoms with Crippen LogP contribution in [0.4, 0.5) is 0 Å². The maximum absolute atomic E-state index is 12.4. The number of likely N-dealkylation sites (tertiary alicyclic amines) is 1. The standard InChI is InChI=1S/C13H24N2O/c1-10-6-5-9-15(11(10)2)13(16)12-7-3-4-8-14-12/h10-12,14H,3-9H2,1-2H3. The normalized spacial score (nSPS) is 36.1. The van der Waals surface area contributed by atoms with E-state index in [2.05, 4.69) is 24.1 Å². The molecule has 0 aliphatic carbocycles. The quantitative estimate of drug-likeness (QED) is 0.736. The van der Waals surface area contributed by atoms with E-state index in [4.69, 9.17) is 0 Å². The van der Waals surface area contributed by atoms with Gasteiger partial charge in [-0.15, -0.1) is 0 Å². The lowest BCUT2D eigenvalue weighted by atomic mass is 9.91. The SMILES string of the molecule is CC1CCCN(C(=O)C2CCCCN2)C1C. The summed E-state index contributed by atoms with van der Waals surface area (Å²) < 4.78 is 0. The van der Waals surface area contributed by atoms with Gasteiger partial charge in [0.05, 0.1) is 6.04 Å². The minimum atomic E-state index is 0.0986. The van der Waals surface area contributed by atoms with Gasteiger partial charge in [-0.2, -0.15) is 0 Å². The first-order valence-electron chi connectivity index (χ1n) is 6.74. The molecule has 1 amide bonds. The molecule has 3 atom stereocenters. The molecule has 3 nitrogen and oxygen atoms in total. The molecule has 2 saturated heterocycles. The van der Waals surface area contributed by atoms with Gasteiger partial charge >= 0.3 is 0 Å². The number of rotatable bonds is 1. The third-order valence-corrected chi connectivity index (χ3v) is 4.27. The number of carbonyl (C=O) groups is 1. The zero-order valence-electron chi connectivity index (χ0n) is 10.5. The van der Waals surface area contributed by atoms with Gasteiger partial charge in [-0.25, -0.2) is 0 Å². The maximum atomic E-state index is 12.4. The number of piperidine rings is 2. The zero-order valence-corrected chi connectivity index (χ0v) is 10.5. The van der Waals surface area contributed by atoms with Crippen LogP contribution in [0, 0.1) is 5.92 Å². The first-order valence-corrected chi connectivity index (χ1v) is 6.74. The molecule has 2 aliphatic rings. The molecule has 0 spiro atoms. The fraction of sp³-hybridized carbons (Fsp3) is 0.923. The first kappa shape index (κ1) is 11.9. The van der Waals surface area contributed by atoms with Gasteiger partial charge in [0.25, 0.3) is 0 Å². The smallest absolute Gasteiger partial charge is 0.239 e. The molecule has 16 heavy (non-hydrogen) atoms. The van der Waals surface area contributed by atoms with E-state index in [0.717, 1.165) is 19.5 Å². The van der Waals surface area contributed by atoms with Gasteiger partial charge < -0.3 is 10.2 Å². The van der Waals surface area contributed by atoms with E-state index in [1.54, 1.807) is 0 Å². The van der Waals surface area contributed by atoms with E-state index in [0.29, 0.717) is 17.9 Å². The Balaban J connectivity index is 1.96. The summed E-state index contributed by atoms with van der Waals surface area (Å²) in [4.78, 5) is 14.5. The van der Waals surface area contributed by atoms with Crippen molar-refractivity contribution in [3.63, 3.8) is 0 Å². The molecular formula is C13H24N2O. The van der Waals surface area contributed by atoms with Crippen LogP contribution in [0.25, 0.3) is 0 Å². The van der Waals surface area contributed by atoms with Crippen LogP contribution in [0.1, 0.15) is 46.0 Å². The Morgan fingerprint density at radius 1 is 1.19 bits per heavy atom. The van der Waals surface area contributed by atoms with Crippen LogP contribution in [0.15, 0.2) is 0 Å². The lowest BCUT2D eigenvalue weighted by Gasteiger charge is -2.40. The lowest BCUT2D eigenvalue weighted by molar-refractivity contribution is -0.138. The Morgan fingerprint density at radius 2 is 2.00 bits per heavy atom. The monoisotopic (exact) mass is 224 g/mol. The molecule has 2 aliphatic heterocycles. The van der Waals surface area contributed by atoms with Crippen molar-refractivity contribution in [2.24, 2.45) is 5.92 Å². The third kappa shape index (κ3) is 2.40. The van der Waals surface area contributed by atoms with Gasteiger partial charge in [0.1, 0.15) is 0 Å². The highest BCUT2D eigenvalue weighted by atomic mass is 16.2. The van der Waals surface area contributed by atoms with Crippen LogP contribution in [-0.4, -0.2) is 36.0 Å². The Labute approximate surface area is 98.6 Å².